The van der Waals surface area contributed by atoms with Crippen molar-refractivity contribution in [2.24, 2.45) is 0 Å². The number of hydrogen-bond acceptors (Lipinski definition) is 2. The lowest BCUT2D eigenvalue weighted by Crippen LogP contribution is -1.99. The van der Waals surface area contributed by atoms with Crippen LogP contribution in [0.5, 0.6) is 0 Å². The molecule has 2 aromatic rings. The van der Waals surface area contributed by atoms with E-state index >= 15 is 0 Å². The largest absolute Gasteiger partial charge is 0.361 e. The van der Waals surface area contributed by atoms with Gasteiger partial charge in [-0.25, -0.2) is 12.8 Å². The minimum atomic E-state index is -3.09. The fourth-order valence-corrected chi connectivity index (χ4v) is 2.36. The maximum Gasteiger partial charge on any atom is 0.151 e. The molecule has 15 heavy (non-hydrogen) atoms. The van der Waals surface area contributed by atoms with Gasteiger partial charge in [-0.3, -0.25) is 0 Å². The van der Waals surface area contributed by atoms with Crippen LogP contribution in [0.15, 0.2) is 24.4 Å². The summed E-state index contributed by atoms with van der Waals surface area (Å²) in [6, 6.07) is 4.27. The second kappa shape index (κ2) is 3.34. The molecular formula is C10H10FNO2S. The van der Waals surface area contributed by atoms with E-state index in [0.29, 0.717) is 10.9 Å². The van der Waals surface area contributed by atoms with Crippen LogP contribution in [0.1, 0.15) is 5.56 Å². The Balaban J connectivity index is 2.57. The van der Waals surface area contributed by atoms with Crippen molar-refractivity contribution in [3.63, 3.8) is 0 Å². The van der Waals surface area contributed by atoms with Crippen molar-refractivity contribution in [1.82, 2.24) is 4.98 Å². The summed E-state index contributed by atoms with van der Waals surface area (Å²) in [6.45, 7) is 0. The maximum absolute atomic E-state index is 13.0. The summed E-state index contributed by atoms with van der Waals surface area (Å²) in [6.07, 6.45) is 2.76. The summed E-state index contributed by atoms with van der Waals surface area (Å²) >= 11 is 0. The Hall–Kier alpha value is -1.36. The second-order valence-electron chi connectivity index (χ2n) is 3.57. The molecule has 0 aliphatic heterocycles. The third kappa shape index (κ3) is 2.18. The number of aromatic nitrogens is 1. The molecular weight excluding hydrogens is 217 g/mol. The molecule has 1 heterocycles. The van der Waals surface area contributed by atoms with Crippen LogP contribution < -0.4 is 0 Å². The molecule has 0 fully saturated rings. The second-order valence-corrected chi connectivity index (χ2v) is 5.71. The van der Waals surface area contributed by atoms with Crippen molar-refractivity contribution in [2.45, 2.75) is 5.75 Å². The van der Waals surface area contributed by atoms with Gasteiger partial charge in [-0.2, -0.15) is 0 Å². The standard InChI is InChI=1S/C10H10FNO2S/c1-15(13,14)6-7-5-12-10-3-2-8(11)4-9(7)10/h2-5,12H,6H2,1H3. The number of H-pyrrole nitrogens is 1. The Morgan fingerprint density at radius 2 is 2.13 bits per heavy atom. The smallest absolute Gasteiger partial charge is 0.151 e. The zero-order chi connectivity index (χ0) is 11.1. The maximum atomic E-state index is 13.0. The van der Waals surface area contributed by atoms with Gasteiger partial charge in [0.1, 0.15) is 5.82 Å². The third-order valence-corrected chi connectivity index (χ3v) is 2.98. The van der Waals surface area contributed by atoms with Crippen LogP contribution in [0.3, 0.4) is 0 Å². The highest BCUT2D eigenvalue weighted by Crippen LogP contribution is 2.20. The molecule has 0 radical (unpaired) electrons. The molecule has 0 aliphatic carbocycles. The Bertz CT molecular complexity index is 601. The van der Waals surface area contributed by atoms with Gasteiger partial charge in [0.25, 0.3) is 0 Å². The van der Waals surface area contributed by atoms with Crippen LogP contribution >= 0.6 is 0 Å². The van der Waals surface area contributed by atoms with Crippen molar-refractivity contribution in [3.05, 3.63) is 35.8 Å². The number of sulfone groups is 1. The minimum absolute atomic E-state index is 0.0730. The van der Waals surface area contributed by atoms with Gasteiger partial charge in [0.15, 0.2) is 9.84 Å². The van der Waals surface area contributed by atoms with E-state index < -0.39 is 9.84 Å². The van der Waals surface area contributed by atoms with E-state index in [-0.39, 0.29) is 11.6 Å². The highest BCUT2D eigenvalue weighted by Gasteiger charge is 2.10. The number of fused-ring (bicyclic) bond motifs is 1. The summed E-state index contributed by atoms with van der Waals surface area (Å²) in [5.41, 5.74) is 1.35. The molecule has 0 saturated carbocycles. The van der Waals surface area contributed by atoms with Crippen LogP contribution in [0, 0.1) is 5.82 Å². The molecule has 80 valence electrons. The Labute approximate surface area is 86.8 Å². The number of rotatable bonds is 2. The molecule has 3 nitrogen and oxygen atoms in total. The highest BCUT2D eigenvalue weighted by atomic mass is 32.2. The van der Waals surface area contributed by atoms with E-state index in [1.54, 1.807) is 12.3 Å². The van der Waals surface area contributed by atoms with Crippen LogP contribution in [0.2, 0.25) is 0 Å². The van der Waals surface area contributed by atoms with Crippen LogP contribution in [0.25, 0.3) is 10.9 Å². The fraction of sp³-hybridized carbons (Fsp3) is 0.200. The summed E-state index contributed by atoms with van der Waals surface area (Å²) in [5.74, 6) is -0.437. The topological polar surface area (TPSA) is 49.9 Å². The molecule has 1 N–H and O–H groups in total. The molecule has 1 aromatic heterocycles. The van der Waals surface area contributed by atoms with Crippen molar-refractivity contribution in [2.75, 3.05) is 6.26 Å². The first-order valence-corrected chi connectivity index (χ1v) is 6.45. The van der Waals surface area contributed by atoms with E-state index in [4.69, 9.17) is 0 Å². The van der Waals surface area contributed by atoms with Crippen LogP contribution in [-0.4, -0.2) is 19.7 Å². The zero-order valence-electron chi connectivity index (χ0n) is 8.12. The average Bonchev–Trinajstić information content (AvgIpc) is 2.46. The van der Waals surface area contributed by atoms with Gasteiger partial charge in [-0.1, -0.05) is 0 Å². The summed E-state index contributed by atoms with van der Waals surface area (Å²) in [5, 5.41) is 0.625. The Kier molecular flexibility index (Phi) is 2.26. The molecule has 5 heteroatoms. The number of benzene rings is 1. The summed E-state index contributed by atoms with van der Waals surface area (Å²) < 4.78 is 35.2. The van der Waals surface area contributed by atoms with E-state index in [9.17, 15) is 12.8 Å². The first-order valence-electron chi connectivity index (χ1n) is 4.39. The number of nitrogens with one attached hydrogen (secondary N) is 1. The average molecular weight is 227 g/mol. The quantitative estimate of drug-likeness (QED) is 0.851. The van der Waals surface area contributed by atoms with Gasteiger partial charge >= 0.3 is 0 Å². The lowest BCUT2D eigenvalue weighted by molar-refractivity contribution is 0.601. The normalized spacial score (nSPS) is 12.1. The minimum Gasteiger partial charge on any atom is -0.361 e. The first kappa shape index (κ1) is 10.2. The predicted molar refractivity (Wildman–Crippen MR) is 56.8 cm³/mol. The van der Waals surface area contributed by atoms with Crippen molar-refractivity contribution in [3.8, 4) is 0 Å². The SMILES string of the molecule is CS(=O)(=O)Cc1c[nH]c2ccc(F)cc12. The molecule has 0 bridgehead atoms. The van der Waals surface area contributed by atoms with Crippen molar-refractivity contribution in [1.29, 1.82) is 0 Å². The lowest BCUT2D eigenvalue weighted by atomic mass is 10.2. The molecule has 0 atom stereocenters. The molecule has 0 unspecified atom stereocenters. The van der Waals surface area contributed by atoms with Crippen molar-refractivity contribution >= 4 is 20.7 Å². The molecule has 2 rings (SSSR count). The molecule has 1 aromatic carbocycles. The summed E-state index contributed by atoms with van der Waals surface area (Å²) in [7, 11) is -3.09. The number of halogens is 1. The van der Waals surface area contributed by atoms with E-state index in [1.807, 2.05) is 0 Å². The summed E-state index contributed by atoms with van der Waals surface area (Å²) in [4.78, 5) is 2.91. The van der Waals surface area contributed by atoms with Gasteiger partial charge in [0, 0.05) is 23.4 Å². The molecule has 0 spiro atoms. The van der Waals surface area contributed by atoms with Crippen LogP contribution in [0.4, 0.5) is 4.39 Å². The highest BCUT2D eigenvalue weighted by molar-refractivity contribution is 7.89. The number of aromatic amines is 1. The number of hydrogen-bond donors (Lipinski definition) is 1. The van der Waals surface area contributed by atoms with Gasteiger partial charge in [-0.05, 0) is 23.8 Å². The lowest BCUT2D eigenvalue weighted by Gasteiger charge is -1.97. The molecule has 0 saturated heterocycles. The first-order chi connectivity index (χ1) is 6.96. The van der Waals surface area contributed by atoms with Gasteiger partial charge < -0.3 is 4.98 Å². The predicted octanol–water partition coefficient (Wildman–Crippen LogP) is 1.85. The van der Waals surface area contributed by atoms with Gasteiger partial charge in [-0.15, -0.1) is 0 Å². The Morgan fingerprint density at radius 3 is 2.80 bits per heavy atom. The van der Waals surface area contributed by atoms with E-state index in [0.717, 1.165) is 11.8 Å². The fourth-order valence-electron chi connectivity index (χ4n) is 1.55. The molecule has 0 amide bonds. The van der Waals surface area contributed by atoms with Gasteiger partial charge in [0.2, 0.25) is 0 Å². The monoisotopic (exact) mass is 227 g/mol. The zero-order valence-corrected chi connectivity index (χ0v) is 8.94. The third-order valence-electron chi connectivity index (χ3n) is 2.15. The van der Waals surface area contributed by atoms with Gasteiger partial charge in [0.05, 0.1) is 5.75 Å². The van der Waals surface area contributed by atoms with Crippen LogP contribution in [-0.2, 0) is 15.6 Å². The molecule has 0 aliphatic rings. The van der Waals surface area contributed by atoms with E-state index in [2.05, 4.69) is 4.98 Å². The Morgan fingerprint density at radius 1 is 1.40 bits per heavy atom. The van der Waals surface area contributed by atoms with E-state index in [1.165, 1.54) is 12.1 Å². The van der Waals surface area contributed by atoms with Crippen molar-refractivity contribution < 1.29 is 12.8 Å².